The summed E-state index contributed by atoms with van der Waals surface area (Å²) in [6.45, 7) is 7.31. The van der Waals surface area contributed by atoms with Crippen molar-refractivity contribution in [3.63, 3.8) is 0 Å². The van der Waals surface area contributed by atoms with E-state index in [0.29, 0.717) is 12.5 Å². The Morgan fingerprint density at radius 3 is 2.55 bits per heavy atom. The summed E-state index contributed by atoms with van der Waals surface area (Å²) < 4.78 is 5.83. The molecule has 114 valence electrons. The van der Waals surface area contributed by atoms with Gasteiger partial charge in [-0.15, -0.1) is 11.3 Å². The van der Waals surface area contributed by atoms with Crippen LogP contribution in [-0.4, -0.2) is 16.6 Å². The Hall–Kier alpha value is -1.94. The molecule has 0 saturated heterocycles. The first-order chi connectivity index (χ1) is 10.5. The Balaban J connectivity index is 1.62. The summed E-state index contributed by atoms with van der Waals surface area (Å²) in [4.78, 5) is 9.43. The number of hydrogen-bond donors (Lipinski definition) is 0. The topological polar surface area (TPSA) is 35.0 Å². The molecule has 2 aromatic heterocycles. The first kappa shape index (κ1) is 15.0. The summed E-state index contributed by atoms with van der Waals surface area (Å²) in [5.74, 6) is 0.678. The van der Waals surface area contributed by atoms with Crippen molar-refractivity contribution in [1.29, 1.82) is 0 Å². The van der Waals surface area contributed by atoms with Gasteiger partial charge in [-0.05, 0) is 28.0 Å². The van der Waals surface area contributed by atoms with E-state index in [1.165, 1.54) is 11.1 Å². The summed E-state index contributed by atoms with van der Waals surface area (Å²) in [5, 5.41) is 3.01. The van der Waals surface area contributed by atoms with E-state index in [4.69, 9.17) is 4.74 Å². The second-order valence-electron chi connectivity index (χ2n) is 6.36. The number of hydrogen-bond acceptors (Lipinski definition) is 4. The quantitative estimate of drug-likeness (QED) is 0.705. The summed E-state index contributed by atoms with van der Waals surface area (Å²) in [7, 11) is 0. The highest BCUT2D eigenvalue weighted by molar-refractivity contribution is 7.16. The van der Waals surface area contributed by atoms with Gasteiger partial charge in [-0.1, -0.05) is 45.0 Å². The molecular formula is C18H20N2OS. The lowest BCUT2D eigenvalue weighted by Gasteiger charge is -2.19. The average molecular weight is 312 g/mol. The Morgan fingerprint density at radius 2 is 1.82 bits per heavy atom. The molecule has 0 radical (unpaired) electrons. The lowest BCUT2D eigenvalue weighted by Crippen LogP contribution is -2.11. The zero-order chi connectivity index (χ0) is 15.6. The molecular weight excluding hydrogens is 292 g/mol. The molecule has 0 unspecified atom stereocenters. The Labute approximate surface area is 135 Å². The van der Waals surface area contributed by atoms with Gasteiger partial charge in [0.25, 0.3) is 0 Å². The van der Waals surface area contributed by atoms with Gasteiger partial charge in [0.1, 0.15) is 11.2 Å². The number of ether oxygens (including phenoxy) is 1. The van der Waals surface area contributed by atoms with Crippen LogP contribution in [0.15, 0.2) is 42.0 Å². The number of rotatable bonds is 4. The molecule has 0 bridgehead atoms. The third-order valence-corrected chi connectivity index (χ3v) is 4.50. The molecule has 0 spiro atoms. The largest absolute Gasteiger partial charge is 0.477 e. The SMILES string of the molecule is CC(C)(C)c1ccc(CCOc2ncnc3sccc23)cc1. The van der Waals surface area contributed by atoms with E-state index in [0.717, 1.165) is 16.6 Å². The molecule has 0 aliphatic rings. The van der Waals surface area contributed by atoms with E-state index >= 15 is 0 Å². The summed E-state index contributed by atoms with van der Waals surface area (Å²) >= 11 is 1.60. The smallest absolute Gasteiger partial charge is 0.225 e. The fourth-order valence-electron chi connectivity index (χ4n) is 2.32. The fraction of sp³-hybridized carbons (Fsp3) is 0.333. The van der Waals surface area contributed by atoms with E-state index in [-0.39, 0.29) is 5.41 Å². The molecule has 2 heterocycles. The molecule has 22 heavy (non-hydrogen) atoms. The molecule has 4 heteroatoms. The maximum atomic E-state index is 5.83. The Morgan fingerprint density at radius 1 is 1.05 bits per heavy atom. The molecule has 0 saturated carbocycles. The van der Waals surface area contributed by atoms with Crippen LogP contribution in [0.5, 0.6) is 5.88 Å². The van der Waals surface area contributed by atoms with Gasteiger partial charge >= 0.3 is 0 Å². The molecule has 0 atom stereocenters. The van der Waals surface area contributed by atoms with Crippen molar-refractivity contribution in [3.8, 4) is 5.88 Å². The van der Waals surface area contributed by atoms with Gasteiger partial charge in [-0.2, -0.15) is 0 Å². The standard InChI is InChI=1S/C18H20N2OS/c1-18(2,3)14-6-4-13(5-7-14)8-10-21-16-15-9-11-22-17(15)20-12-19-16/h4-7,9,11-12H,8,10H2,1-3H3. The number of aromatic nitrogens is 2. The molecule has 0 amide bonds. The van der Waals surface area contributed by atoms with Crippen LogP contribution in [-0.2, 0) is 11.8 Å². The Kier molecular flexibility index (Phi) is 4.12. The maximum absolute atomic E-state index is 5.83. The molecule has 0 aliphatic heterocycles. The van der Waals surface area contributed by atoms with Gasteiger partial charge in [0.2, 0.25) is 5.88 Å². The van der Waals surface area contributed by atoms with Crippen molar-refractivity contribution in [2.24, 2.45) is 0 Å². The van der Waals surface area contributed by atoms with Crippen molar-refractivity contribution in [1.82, 2.24) is 9.97 Å². The zero-order valence-electron chi connectivity index (χ0n) is 13.2. The minimum atomic E-state index is 0.195. The average Bonchev–Trinajstić information content (AvgIpc) is 2.96. The lowest BCUT2D eigenvalue weighted by molar-refractivity contribution is 0.313. The normalized spacial score (nSPS) is 11.8. The number of benzene rings is 1. The minimum Gasteiger partial charge on any atom is -0.477 e. The van der Waals surface area contributed by atoms with Crippen molar-refractivity contribution in [2.75, 3.05) is 6.61 Å². The van der Waals surface area contributed by atoms with E-state index in [1.54, 1.807) is 17.7 Å². The predicted molar refractivity (Wildman–Crippen MR) is 91.8 cm³/mol. The first-order valence-corrected chi connectivity index (χ1v) is 8.32. The second kappa shape index (κ2) is 6.05. The van der Waals surface area contributed by atoms with Gasteiger partial charge in [0, 0.05) is 6.42 Å². The molecule has 3 aromatic rings. The van der Waals surface area contributed by atoms with Crippen molar-refractivity contribution in [2.45, 2.75) is 32.6 Å². The monoisotopic (exact) mass is 312 g/mol. The molecule has 3 rings (SSSR count). The lowest BCUT2D eigenvalue weighted by atomic mass is 9.86. The van der Waals surface area contributed by atoms with E-state index in [9.17, 15) is 0 Å². The number of thiophene rings is 1. The van der Waals surface area contributed by atoms with Crippen LogP contribution in [0.1, 0.15) is 31.9 Å². The van der Waals surface area contributed by atoms with Crippen LogP contribution in [0.25, 0.3) is 10.2 Å². The highest BCUT2D eigenvalue weighted by atomic mass is 32.1. The molecule has 3 nitrogen and oxygen atoms in total. The van der Waals surface area contributed by atoms with Crippen LogP contribution in [0.3, 0.4) is 0 Å². The van der Waals surface area contributed by atoms with Crippen LogP contribution in [0.2, 0.25) is 0 Å². The number of nitrogens with zero attached hydrogens (tertiary/aromatic N) is 2. The molecule has 0 aliphatic carbocycles. The van der Waals surface area contributed by atoms with Gasteiger partial charge < -0.3 is 4.74 Å². The van der Waals surface area contributed by atoms with Crippen molar-refractivity contribution in [3.05, 3.63) is 53.2 Å². The maximum Gasteiger partial charge on any atom is 0.225 e. The van der Waals surface area contributed by atoms with E-state index in [2.05, 4.69) is 55.0 Å². The summed E-state index contributed by atoms with van der Waals surface area (Å²) in [6.07, 6.45) is 2.44. The number of fused-ring (bicyclic) bond motifs is 1. The van der Waals surface area contributed by atoms with Crippen molar-refractivity contribution < 1.29 is 4.74 Å². The molecule has 0 N–H and O–H groups in total. The van der Waals surface area contributed by atoms with Gasteiger partial charge in [-0.3, -0.25) is 0 Å². The first-order valence-electron chi connectivity index (χ1n) is 7.44. The van der Waals surface area contributed by atoms with Gasteiger partial charge in [0.05, 0.1) is 12.0 Å². The van der Waals surface area contributed by atoms with Crippen molar-refractivity contribution >= 4 is 21.6 Å². The highest BCUT2D eigenvalue weighted by Crippen LogP contribution is 2.26. The third kappa shape index (κ3) is 3.28. The van der Waals surface area contributed by atoms with Gasteiger partial charge in [-0.25, -0.2) is 9.97 Å². The molecule has 1 aromatic carbocycles. The Bertz CT molecular complexity index is 757. The minimum absolute atomic E-state index is 0.195. The van der Waals surface area contributed by atoms with Crippen LogP contribution in [0.4, 0.5) is 0 Å². The third-order valence-electron chi connectivity index (χ3n) is 3.67. The van der Waals surface area contributed by atoms with Crippen LogP contribution in [0, 0.1) is 0 Å². The summed E-state index contributed by atoms with van der Waals surface area (Å²) in [5.41, 5.74) is 2.83. The van der Waals surface area contributed by atoms with Crippen LogP contribution >= 0.6 is 11.3 Å². The van der Waals surface area contributed by atoms with Gasteiger partial charge in [0.15, 0.2) is 0 Å². The summed E-state index contributed by atoms with van der Waals surface area (Å²) in [6, 6.07) is 10.8. The fourth-order valence-corrected chi connectivity index (χ4v) is 3.04. The van der Waals surface area contributed by atoms with E-state index in [1.807, 2.05) is 11.4 Å². The highest BCUT2D eigenvalue weighted by Gasteiger charge is 2.12. The second-order valence-corrected chi connectivity index (χ2v) is 7.26. The van der Waals surface area contributed by atoms with Crippen LogP contribution < -0.4 is 4.74 Å². The predicted octanol–water partition coefficient (Wildman–Crippen LogP) is 4.61. The molecule has 0 fully saturated rings. The van der Waals surface area contributed by atoms with E-state index < -0.39 is 0 Å². The zero-order valence-corrected chi connectivity index (χ0v) is 14.0.